The topological polar surface area (TPSA) is 0 Å². The summed E-state index contributed by atoms with van der Waals surface area (Å²) in [4.78, 5) is 0. The Morgan fingerprint density at radius 3 is 1.85 bits per heavy atom. The molecule has 13 heavy (non-hydrogen) atoms. The van der Waals surface area contributed by atoms with E-state index in [0.717, 1.165) is 11.8 Å². The van der Waals surface area contributed by atoms with Gasteiger partial charge in [0, 0.05) is 0 Å². The molecule has 0 nitrogen and oxygen atoms in total. The van der Waals surface area contributed by atoms with E-state index in [0.29, 0.717) is 5.92 Å². The Morgan fingerprint density at radius 1 is 1.00 bits per heavy atom. The molecule has 0 saturated heterocycles. The molecule has 0 N–H and O–H groups in total. The van der Waals surface area contributed by atoms with Crippen LogP contribution in [0.1, 0.15) is 45.4 Å². The van der Waals surface area contributed by atoms with Crippen LogP contribution in [0, 0.1) is 17.8 Å². The molecule has 68 valence electrons. The molecule has 2 atom stereocenters. The maximum atomic E-state index is 5.97. The molecule has 0 bridgehead atoms. The lowest BCUT2D eigenvalue weighted by molar-refractivity contribution is 0.277. The van der Waals surface area contributed by atoms with Gasteiger partial charge in [-0.25, -0.2) is 0 Å². The summed E-state index contributed by atoms with van der Waals surface area (Å²) in [5.74, 6) is 2.47. The number of fused-ring (bicyclic) bond motifs is 1. The van der Waals surface area contributed by atoms with Gasteiger partial charge in [-0.2, -0.15) is 0 Å². The van der Waals surface area contributed by atoms with E-state index in [1.807, 2.05) is 6.92 Å². The van der Waals surface area contributed by atoms with E-state index in [-0.39, 0.29) is 0 Å². The molecular weight excluding hydrogens is 154 g/mol. The molecule has 0 aromatic rings. The van der Waals surface area contributed by atoms with Gasteiger partial charge in [0.15, 0.2) is 0 Å². The molecule has 2 heteroatoms. The molecule has 0 aliphatic heterocycles. The Hall–Kier alpha value is 0.130. The third-order valence-electron chi connectivity index (χ3n) is 4.12. The Morgan fingerprint density at radius 2 is 1.46 bits per heavy atom. The van der Waals surface area contributed by atoms with Crippen LogP contribution in [-0.2, 0) is 0 Å². The molecular formula is C11H18B2. The minimum Gasteiger partial charge on any atom is -0.0989 e. The number of hydrogen-bond donors (Lipinski definition) is 0. The van der Waals surface area contributed by atoms with Gasteiger partial charge < -0.3 is 0 Å². The Balaban J connectivity index is 1.99. The predicted molar refractivity (Wildman–Crippen MR) is 58.0 cm³/mol. The average Bonchev–Trinajstić information content (AvgIpc) is 2.45. The quantitative estimate of drug-likeness (QED) is 0.533. The fourth-order valence-corrected chi connectivity index (χ4v) is 3.24. The minimum atomic E-state index is -0.433. The Bertz CT molecular complexity index is 169. The fourth-order valence-electron chi connectivity index (χ4n) is 3.24. The molecule has 2 saturated carbocycles. The van der Waals surface area contributed by atoms with Gasteiger partial charge in [0.1, 0.15) is 0 Å². The molecule has 0 spiro atoms. The molecule has 0 aromatic carbocycles. The first-order chi connectivity index (χ1) is 6.07. The highest BCUT2D eigenvalue weighted by Gasteiger charge is 2.39. The van der Waals surface area contributed by atoms with Crippen molar-refractivity contribution in [2.75, 3.05) is 0 Å². The van der Waals surface area contributed by atoms with Crippen molar-refractivity contribution >= 4 is 15.7 Å². The summed E-state index contributed by atoms with van der Waals surface area (Å²) in [5.41, 5.74) is 0. The van der Waals surface area contributed by atoms with Crippen molar-refractivity contribution in [1.29, 1.82) is 0 Å². The van der Waals surface area contributed by atoms with E-state index in [9.17, 15) is 0 Å². The summed E-state index contributed by atoms with van der Waals surface area (Å²) in [6, 6.07) is 0. The zero-order chi connectivity index (χ0) is 9.47. The van der Waals surface area contributed by atoms with Crippen LogP contribution in [0.5, 0.6) is 0 Å². The van der Waals surface area contributed by atoms with Gasteiger partial charge >= 0.3 is 0 Å². The third kappa shape index (κ3) is 1.97. The minimum absolute atomic E-state index is 0.433. The van der Waals surface area contributed by atoms with Crippen molar-refractivity contribution in [3.05, 3.63) is 0 Å². The van der Waals surface area contributed by atoms with Crippen LogP contribution in [0.4, 0.5) is 0 Å². The first kappa shape index (κ1) is 9.68. The van der Waals surface area contributed by atoms with Crippen LogP contribution in [0.3, 0.4) is 0 Å². The maximum absolute atomic E-state index is 5.97. The SMILES string of the molecule is [B]C([B])(C)C1CC2CCCCC2C1. The molecule has 0 amide bonds. The first-order valence-corrected chi connectivity index (χ1v) is 5.65. The summed E-state index contributed by atoms with van der Waals surface area (Å²) in [6.07, 6.45) is 8.29. The highest BCUT2D eigenvalue weighted by atomic mass is 14.4. The van der Waals surface area contributed by atoms with Gasteiger partial charge in [0.05, 0.1) is 15.7 Å². The Labute approximate surface area is 84.7 Å². The molecule has 0 aromatic heterocycles. The van der Waals surface area contributed by atoms with Crippen molar-refractivity contribution in [3.8, 4) is 0 Å². The van der Waals surface area contributed by atoms with Crippen LogP contribution in [0.15, 0.2) is 0 Å². The zero-order valence-corrected chi connectivity index (χ0v) is 8.63. The van der Waals surface area contributed by atoms with Gasteiger partial charge in [0.2, 0.25) is 0 Å². The summed E-state index contributed by atoms with van der Waals surface area (Å²) in [5, 5.41) is -0.433. The second kappa shape index (κ2) is 3.37. The largest absolute Gasteiger partial charge is 0.0989 e. The average molecular weight is 172 g/mol. The van der Waals surface area contributed by atoms with Gasteiger partial charge in [-0.3, -0.25) is 0 Å². The number of rotatable bonds is 1. The van der Waals surface area contributed by atoms with Crippen LogP contribution in [0.25, 0.3) is 0 Å². The summed E-state index contributed by atoms with van der Waals surface area (Å²) < 4.78 is 0. The van der Waals surface area contributed by atoms with E-state index in [2.05, 4.69) is 0 Å². The highest BCUT2D eigenvalue weighted by molar-refractivity contribution is 6.39. The van der Waals surface area contributed by atoms with E-state index < -0.39 is 5.21 Å². The molecule has 2 aliphatic carbocycles. The lowest BCUT2D eigenvalue weighted by atomic mass is 9.49. The van der Waals surface area contributed by atoms with Gasteiger partial charge in [-0.15, -0.1) is 0 Å². The van der Waals surface area contributed by atoms with Gasteiger partial charge in [-0.05, 0) is 24.7 Å². The van der Waals surface area contributed by atoms with Crippen LogP contribution < -0.4 is 0 Å². The normalized spacial score (nSPS) is 40.2. The second-order valence-corrected chi connectivity index (χ2v) is 5.34. The molecule has 2 rings (SSSR count). The summed E-state index contributed by atoms with van der Waals surface area (Å²) >= 11 is 0. The van der Waals surface area contributed by atoms with E-state index in [1.54, 1.807) is 0 Å². The van der Waals surface area contributed by atoms with Crippen molar-refractivity contribution in [3.63, 3.8) is 0 Å². The lowest BCUT2D eigenvalue weighted by Crippen LogP contribution is -2.18. The first-order valence-electron chi connectivity index (χ1n) is 5.65. The van der Waals surface area contributed by atoms with Crippen molar-refractivity contribution in [2.24, 2.45) is 17.8 Å². The smallest absolute Gasteiger partial charge is 0.0620 e. The second-order valence-electron chi connectivity index (χ2n) is 5.34. The fraction of sp³-hybridized carbons (Fsp3) is 1.00. The van der Waals surface area contributed by atoms with E-state index in [4.69, 9.17) is 15.7 Å². The molecule has 2 fully saturated rings. The zero-order valence-electron chi connectivity index (χ0n) is 8.63. The lowest BCUT2D eigenvalue weighted by Gasteiger charge is -2.28. The summed E-state index contributed by atoms with van der Waals surface area (Å²) in [7, 11) is 11.9. The number of hydrogen-bond acceptors (Lipinski definition) is 0. The van der Waals surface area contributed by atoms with Gasteiger partial charge in [0.25, 0.3) is 0 Å². The molecule has 2 unspecified atom stereocenters. The van der Waals surface area contributed by atoms with Crippen LogP contribution in [0.2, 0.25) is 5.21 Å². The van der Waals surface area contributed by atoms with Crippen molar-refractivity contribution in [1.82, 2.24) is 0 Å². The monoisotopic (exact) mass is 172 g/mol. The van der Waals surface area contributed by atoms with Crippen molar-refractivity contribution in [2.45, 2.75) is 50.7 Å². The molecule has 4 radical (unpaired) electrons. The highest BCUT2D eigenvalue weighted by Crippen LogP contribution is 2.51. The standard InChI is InChI=1S/C11H18B2/c1-11(12,13)10-6-8-4-2-3-5-9(8)7-10/h8-10H,2-7H2,1H3. The van der Waals surface area contributed by atoms with E-state index >= 15 is 0 Å². The van der Waals surface area contributed by atoms with Crippen LogP contribution >= 0.6 is 0 Å². The Kier molecular flexibility index (Phi) is 2.50. The summed E-state index contributed by atoms with van der Waals surface area (Å²) in [6.45, 7) is 1.98. The molecule has 2 aliphatic rings. The van der Waals surface area contributed by atoms with Gasteiger partial charge in [-0.1, -0.05) is 43.7 Å². The van der Waals surface area contributed by atoms with E-state index in [1.165, 1.54) is 38.5 Å². The van der Waals surface area contributed by atoms with Crippen molar-refractivity contribution < 1.29 is 0 Å². The third-order valence-corrected chi connectivity index (χ3v) is 4.12. The van der Waals surface area contributed by atoms with Crippen LogP contribution in [-0.4, -0.2) is 15.7 Å². The maximum Gasteiger partial charge on any atom is 0.0620 e. The predicted octanol–water partition coefficient (Wildman–Crippen LogP) is 2.68. The molecule has 0 heterocycles.